The summed E-state index contributed by atoms with van der Waals surface area (Å²) >= 11 is 1.75. The van der Waals surface area contributed by atoms with Gasteiger partial charge in [0.05, 0.1) is 12.2 Å². The third kappa shape index (κ3) is 6.10. The van der Waals surface area contributed by atoms with Gasteiger partial charge in [-0.3, -0.25) is 0 Å². The molecule has 6 heteroatoms. The van der Waals surface area contributed by atoms with Gasteiger partial charge in [-0.1, -0.05) is 19.3 Å². The maximum absolute atomic E-state index is 4.67. The summed E-state index contributed by atoms with van der Waals surface area (Å²) in [6.45, 7) is 7.85. The van der Waals surface area contributed by atoms with Gasteiger partial charge >= 0.3 is 0 Å². The van der Waals surface area contributed by atoms with Crippen molar-refractivity contribution >= 4 is 41.3 Å². The van der Waals surface area contributed by atoms with Crippen LogP contribution in [0.4, 0.5) is 0 Å². The number of rotatable bonds is 4. The van der Waals surface area contributed by atoms with E-state index in [1.807, 2.05) is 0 Å². The van der Waals surface area contributed by atoms with Crippen LogP contribution in [0.3, 0.4) is 0 Å². The van der Waals surface area contributed by atoms with Crippen molar-refractivity contribution in [3.05, 3.63) is 15.6 Å². The largest absolute Gasteiger partial charge is 0.357 e. The molecule has 1 aliphatic carbocycles. The second-order valence-electron chi connectivity index (χ2n) is 5.42. The maximum atomic E-state index is 4.67. The van der Waals surface area contributed by atoms with Crippen LogP contribution in [0.1, 0.15) is 54.6 Å². The van der Waals surface area contributed by atoms with Gasteiger partial charge in [0.2, 0.25) is 0 Å². The van der Waals surface area contributed by atoms with E-state index in [2.05, 4.69) is 41.4 Å². The van der Waals surface area contributed by atoms with Crippen LogP contribution in [0.25, 0.3) is 0 Å². The van der Waals surface area contributed by atoms with E-state index >= 15 is 0 Å². The molecule has 1 aromatic heterocycles. The summed E-state index contributed by atoms with van der Waals surface area (Å²) < 4.78 is 0. The number of halogens is 1. The second kappa shape index (κ2) is 9.61. The van der Waals surface area contributed by atoms with Gasteiger partial charge in [-0.25, -0.2) is 9.98 Å². The standard InChI is InChI=1S/C15H26N4S.HI/c1-4-16-15(19-13-8-6-5-7-9-13)17-10-14-18-11(2)12(3)20-14;/h13H,4-10H2,1-3H3,(H2,16,17,19);1H. The van der Waals surface area contributed by atoms with E-state index in [0.29, 0.717) is 12.6 Å². The lowest BCUT2D eigenvalue weighted by Gasteiger charge is -2.24. The molecule has 0 amide bonds. The Morgan fingerprint density at radius 2 is 2.00 bits per heavy atom. The summed E-state index contributed by atoms with van der Waals surface area (Å²) in [7, 11) is 0. The first kappa shape index (κ1) is 18.7. The van der Waals surface area contributed by atoms with Crippen molar-refractivity contribution < 1.29 is 0 Å². The summed E-state index contributed by atoms with van der Waals surface area (Å²) in [5.74, 6) is 0.935. The normalized spacial score (nSPS) is 16.4. The number of thiazole rings is 1. The zero-order valence-electron chi connectivity index (χ0n) is 13.2. The van der Waals surface area contributed by atoms with E-state index < -0.39 is 0 Å². The highest BCUT2D eigenvalue weighted by atomic mass is 127. The van der Waals surface area contributed by atoms with Gasteiger partial charge in [0.1, 0.15) is 5.01 Å². The third-order valence-corrected chi connectivity index (χ3v) is 4.79. The van der Waals surface area contributed by atoms with E-state index in [9.17, 15) is 0 Å². The highest BCUT2D eigenvalue weighted by Gasteiger charge is 2.14. The zero-order chi connectivity index (χ0) is 14.4. The van der Waals surface area contributed by atoms with Crippen LogP contribution in [-0.2, 0) is 6.54 Å². The van der Waals surface area contributed by atoms with Crippen molar-refractivity contribution in [3.8, 4) is 0 Å². The summed E-state index contributed by atoms with van der Waals surface area (Å²) in [5, 5.41) is 8.00. The van der Waals surface area contributed by atoms with Crippen LogP contribution >= 0.6 is 35.3 Å². The van der Waals surface area contributed by atoms with E-state index in [1.54, 1.807) is 11.3 Å². The number of aliphatic imine (C=N–C) groups is 1. The average molecular weight is 422 g/mol. The first-order chi connectivity index (χ1) is 9.69. The Balaban J connectivity index is 0.00000220. The molecular weight excluding hydrogens is 395 g/mol. The summed E-state index contributed by atoms with van der Waals surface area (Å²) in [4.78, 5) is 10.5. The van der Waals surface area contributed by atoms with Crippen LogP contribution < -0.4 is 10.6 Å². The first-order valence-electron chi connectivity index (χ1n) is 7.66. The van der Waals surface area contributed by atoms with Gasteiger partial charge in [-0.15, -0.1) is 35.3 Å². The van der Waals surface area contributed by atoms with E-state index in [4.69, 9.17) is 0 Å². The number of aryl methyl sites for hydroxylation is 2. The molecule has 0 aromatic carbocycles. The molecule has 4 nitrogen and oxygen atoms in total. The molecule has 0 aliphatic heterocycles. The minimum atomic E-state index is 0. The smallest absolute Gasteiger partial charge is 0.191 e. The maximum Gasteiger partial charge on any atom is 0.191 e. The molecule has 2 rings (SSSR count). The SMILES string of the molecule is CCNC(=NCc1nc(C)c(C)s1)NC1CCCCC1.I. The highest BCUT2D eigenvalue weighted by Crippen LogP contribution is 2.18. The molecule has 2 N–H and O–H groups in total. The zero-order valence-corrected chi connectivity index (χ0v) is 16.4. The number of guanidine groups is 1. The van der Waals surface area contributed by atoms with Crippen LogP contribution in [0, 0.1) is 13.8 Å². The Morgan fingerprint density at radius 1 is 1.29 bits per heavy atom. The molecule has 0 saturated heterocycles. The molecule has 21 heavy (non-hydrogen) atoms. The van der Waals surface area contributed by atoms with Gasteiger partial charge in [-0.05, 0) is 33.6 Å². The third-order valence-electron chi connectivity index (χ3n) is 3.74. The van der Waals surface area contributed by atoms with E-state index in [1.165, 1.54) is 37.0 Å². The van der Waals surface area contributed by atoms with Gasteiger partial charge in [0, 0.05) is 17.5 Å². The molecule has 0 radical (unpaired) electrons. The molecule has 0 unspecified atom stereocenters. The number of aromatic nitrogens is 1. The van der Waals surface area contributed by atoms with Crippen LogP contribution in [0.2, 0.25) is 0 Å². The summed E-state index contributed by atoms with van der Waals surface area (Å²) in [6, 6.07) is 0.585. The van der Waals surface area contributed by atoms with Gasteiger partial charge < -0.3 is 10.6 Å². The molecule has 120 valence electrons. The molecule has 1 heterocycles. The van der Waals surface area contributed by atoms with Crippen molar-refractivity contribution in [3.63, 3.8) is 0 Å². The molecule has 1 aliphatic rings. The van der Waals surface area contributed by atoms with Gasteiger partial charge in [0.25, 0.3) is 0 Å². The average Bonchev–Trinajstić information content (AvgIpc) is 2.77. The predicted octanol–water partition coefficient (Wildman–Crippen LogP) is 3.77. The second-order valence-corrected chi connectivity index (χ2v) is 6.71. The fraction of sp³-hybridized carbons (Fsp3) is 0.733. The van der Waals surface area contributed by atoms with E-state index in [-0.39, 0.29) is 24.0 Å². The highest BCUT2D eigenvalue weighted by molar-refractivity contribution is 14.0. The molecule has 0 atom stereocenters. The molecule has 1 fully saturated rings. The quantitative estimate of drug-likeness (QED) is 0.441. The van der Waals surface area contributed by atoms with Crippen molar-refractivity contribution in [2.75, 3.05) is 6.54 Å². The van der Waals surface area contributed by atoms with Crippen LogP contribution in [-0.4, -0.2) is 23.5 Å². The van der Waals surface area contributed by atoms with Gasteiger partial charge in [0.15, 0.2) is 5.96 Å². The molecule has 1 aromatic rings. The van der Waals surface area contributed by atoms with Crippen LogP contribution in [0.5, 0.6) is 0 Å². The predicted molar refractivity (Wildman–Crippen MR) is 102 cm³/mol. The van der Waals surface area contributed by atoms with Crippen molar-refractivity contribution in [1.29, 1.82) is 0 Å². The number of hydrogen-bond donors (Lipinski definition) is 2. The van der Waals surface area contributed by atoms with Gasteiger partial charge in [-0.2, -0.15) is 0 Å². The lowest BCUT2D eigenvalue weighted by molar-refractivity contribution is 0.410. The monoisotopic (exact) mass is 422 g/mol. The van der Waals surface area contributed by atoms with E-state index in [0.717, 1.165) is 23.2 Å². The Hall–Kier alpha value is -0.370. The van der Waals surface area contributed by atoms with Crippen molar-refractivity contribution in [1.82, 2.24) is 15.6 Å². The minimum absolute atomic E-state index is 0. The molecule has 0 spiro atoms. The Kier molecular flexibility index (Phi) is 8.55. The topological polar surface area (TPSA) is 49.3 Å². The minimum Gasteiger partial charge on any atom is -0.357 e. The Bertz CT molecular complexity index is 433. The Morgan fingerprint density at radius 3 is 2.57 bits per heavy atom. The summed E-state index contributed by atoms with van der Waals surface area (Å²) in [6.07, 6.45) is 6.58. The number of nitrogens with zero attached hydrogens (tertiary/aromatic N) is 2. The fourth-order valence-corrected chi connectivity index (χ4v) is 3.37. The first-order valence-corrected chi connectivity index (χ1v) is 8.48. The lowest BCUT2D eigenvalue weighted by atomic mass is 9.96. The number of nitrogens with one attached hydrogen (secondary N) is 2. The van der Waals surface area contributed by atoms with Crippen molar-refractivity contribution in [2.24, 2.45) is 4.99 Å². The Labute approximate surface area is 149 Å². The fourth-order valence-electron chi connectivity index (χ4n) is 2.51. The lowest BCUT2D eigenvalue weighted by Crippen LogP contribution is -2.44. The summed E-state index contributed by atoms with van der Waals surface area (Å²) in [5.41, 5.74) is 1.13. The molecule has 1 saturated carbocycles. The molecular formula is C15H27IN4S. The number of hydrogen-bond acceptors (Lipinski definition) is 3. The van der Waals surface area contributed by atoms with Crippen LogP contribution in [0.15, 0.2) is 4.99 Å². The van der Waals surface area contributed by atoms with Crippen molar-refractivity contribution in [2.45, 2.75) is 65.5 Å². The molecule has 0 bridgehead atoms.